The first-order valence-electron chi connectivity index (χ1n) is 11.7. The van der Waals surface area contributed by atoms with Crippen LogP contribution < -0.4 is 27.4 Å². The highest BCUT2D eigenvalue weighted by molar-refractivity contribution is 5.95. The highest BCUT2D eigenvalue weighted by atomic mass is 16.4. The van der Waals surface area contributed by atoms with E-state index in [-0.39, 0.29) is 25.2 Å². The Morgan fingerprint density at radius 2 is 1.38 bits per heavy atom. The molecule has 0 radical (unpaired) electrons. The van der Waals surface area contributed by atoms with Gasteiger partial charge in [0.1, 0.15) is 18.1 Å². The molecule has 1 aromatic rings. The Morgan fingerprint density at radius 1 is 0.838 bits per heavy atom. The maximum absolute atomic E-state index is 13.1. The van der Waals surface area contributed by atoms with E-state index >= 15 is 0 Å². The van der Waals surface area contributed by atoms with Crippen molar-refractivity contribution in [3.05, 3.63) is 35.9 Å². The van der Waals surface area contributed by atoms with Gasteiger partial charge < -0.3 is 37.6 Å². The van der Waals surface area contributed by atoms with Crippen LogP contribution in [-0.4, -0.2) is 69.9 Å². The van der Waals surface area contributed by atoms with Gasteiger partial charge in [0.15, 0.2) is 0 Å². The Morgan fingerprint density at radius 3 is 1.89 bits per heavy atom. The predicted octanol–water partition coefficient (Wildman–Crippen LogP) is -1.12. The van der Waals surface area contributed by atoms with Crippen molar-refractivity contribution in [3.63, 3.8) is 0 Å². The predicted molar refractivity (Wildman–Crippen MR) is 132 cm³/mol. The molecular formula is C24H35N5O8. The number of hydrogen-bond donors (Lipinski definition) is 7. The molecule has 0 spiro atoms. The lowest BCUT2D eigenvalue weighted by molar-refractivity contribution is -0.144. The molecule has 4 atom stereocenters. The Labute approximate surface area is 214 Å². The van der Waals surface area contributed by atoms with Gasteiger partial charge in [0.2, 0.25) is 23.6 Å². The van der Waals surface area contributed by atoms with E-state index in [1.807, 2.05) is 19.9 Å². The van der Waals surface area contributed by atoms with Gasteiger partial charge >= 0.3 is 11.9 Å². The summed E-state index contributed by atoms with van der Waals surface area (Å²) >= 11 is 0. The van der Waals surface area contributed by atoms with Crippen molar-refractivity contribution >= 4 is 35.6 Å². The van der Waals surface area contributed by atoms with Gasteiger partial charge in [-0.3, -0.25) is 24.0 Å². The molecule has 13 heteroatoms. The summed E-state index contributed by atoms with van der Waals surface area (Å²) in [4.78, 5) is 72.1. The topological polar surface area (TPSA) is 231 Å². The minimum absolute atomic E-state index is 0.0559. The summed E-state index contributed by atoms with van der Waals surface area (Å²) in [6.07, 6.45) is -1.18. The first-order valence-corrected chi connectivity index (χ1v) is 11.7. The first-order chi connectivity index (χ1) is 17.3. The van der Waals surface area contributed by atoms with Crippen LogP contribution in [0.2, 0.25) is 0 Å². The second-order valence-electron chi connectivity index (χ2n) is 9.05. The third-order valence-electron chi connectivity index (χ3n) is 5.28. The molecule has 37 heavy (non-hydrogen) atoms. The summed E-state index contributed by atoms with van der Waals surface area (Å²) in [7, 11) is 0. The van der Waals surface area contributed by atoms with Crippen LogP contribution in [0.1, 0.15) is 45.1 Å². The van der Waals surface area contributed by atoms with Crippen LogP contribution in [0.15, 0.2) is 30.3 Å². The lowest BCUT2D eigenvalue weighted by atomic mass is 10.0. The summed E-state index contributed by atoms with van der Waals surface area (Å²) in [5.74, 6) is -6.21. The summed E-state index contributed by atoms with van der Waals surface area (Å²) in [6, 6.07) is 3.85. The first kappa shape index (κ1) is 31.0. The fourth-order valence-corrected chi connectivity index (χ4v) is 3.42. The highest BCUT2D eigenvalue weighted by Crippen LogP contribution is 2.09. The molecule has 0 aliphatic rings. The molecule has 4 unspecified atom stereocenters. The van der Waals surface area contributed by atoms with E-state index in [2.05, 4.69) is 16.0 Å². The second kappa shape index (κ2) is 15.2. The molecule has 4 amide bonds. The monoisotopic (exact) mass is 521 g/mol. The lowest BCUT2D eigenvalue weighted by Gasteiger charge is -2.25. The Hall–Kier alpha value is -4.00. The van der Waals surface area contributed by atoms with E-state index in [0.717, 1.165) is 5.56 Å². The number of hydrogen-bond acceptors (Lipinski definition) is 7. The van der Waals surface area contributed by atoms with Gasteiger partial charge in [0.05, 0.1) is 12.5 Å². The summed E-state index contributed by atoms with van der Waals surface area (Å²) in [5, 5.41) is 25.3. The quantitative estimate of drug-likeness (QED) is 0.139. The van der Waals surface area contributed by atoms with Crippen LogP contribution in [0.3, 0.4) is 0 Å². The average molecular weight is 522 g/mol. The van der Waals surface area contributed by atoms with Crippen molar-refractivity contribution in [2.45, 2.75) is 70.1 Å². The maximum atomic E-state index is 13.1. The number of nitrogens with one attached hydrogen (secondary N) is 3. The SMILES string of the molecule is CC(C)CC(NC(=O)C(N)Cc1ccccc1)C(=O)NC(CCC(=O)O)C(=O)NC(CC(N)=O)C(=O)O. The molecule has 0 aliphatic heterocycles. The van der Waals surface area contributed by atoms with Crippen molar-refractivity contribution in [2.24, 2.45) is 17.4 Å². The molecule has 1 rings (SSSR count). The van der Waals surface area contributed by atoms with Crippen molar-refractivity contribution in [3.8, 4) is 0 Å². The second-order valence-corrected chi connectivity index (χ2v) is 9.05. The number of aliphatic carboxylic acids is 2. The number of primary amides is 1. The third kappa shape index (κ3) is 12.0. The molecule has 0 aliphatic carbocycles. The Kier molecular flexibility index (Phi) is 12.7. The van der Waals surface area contributed by atoms with Gasteiger partial charge in [0, 0.05) is 6.42 Å². The normalized spacial score (nSPS) is 14.1. The number of carboxylic acid groups (broad SMARTS) is 2. The zero-order valence-corrected chi connectivity index (χ0v) is 20.8. The number of amides is 4. The number of carboxylic acids is 2. The lowest BCUT2D eigenvalue weighted by Crippen LogP contribution is -2.57. The van der Waals surface area contributed by atoms with Gasteiger partial charge in [-0.1, -0.05) is 44.2 Å². The molecule has 1 aromatic carbocycles. The number of carbonyl (C=O) groups excluding carboxylic acids is 4. The van der Waals surface area contributed by atoms with E-state index in [9.17, 15) is 33.9 Å². The van der Waals surface area contributed by atoms with Crippen LogP contribution in [0, 0.1) is 5.92 Å². The minimum Gasteiger partial charge on any atom is -0.481 e. The van der Waals surface area contributed by atoms with Gasteiger partial charge in [-0.2, -0.15) is 0 Å². The number of carbonyl (C=O) groups is 6. The van der Waals surface area contributed by atoms with Gasteiger partial charge in [-0.25, -0.2) is 4.79 Å². The van der Waals surface area contributed by atoms with E-state index in [0.29, 0.717) is 0 Å². The molecule has 0 saturated heterocycles. The smallest absolute Gasteiger partial charge is 0.326 e. The molecular weight excluding hydrogens is 486 g/mol. The van der Waals surface area contributed by atoms with E-state index < -0.39 is 72.6 Å². The molecule has 0 heterocycles. The van der Waals surface area contributed by atoms with Crippen molar-refractivity contribution in [2.75, 3.05) is 0 Å². The molecule has 0 aromatic heterocycles. The van der Waals surface area contributed by atoms with Crippen molar-refractivity contribution < 1.29 is 39.0 Å². The largest absolute Gasteiger partial charge is 0.481 e. The van der Waals surface area contributed by atoms with Crippen LogP contribution in [-0.2, 0) is 35.2 Å². The fraction of sp³-hybridized carbons (Fsp3) is 0.500. The van der Waals surface area contributed by atoms with Crippen LogP contribution in [0.5, 0.6) is 0 Å². The van der Waals surface area contributed by atoms with Gasteiger partial charge in [-0.05, 0) is 30.7 Å². The number of benzene rings is 1. The molecule has 0 saturated carbocycles. The Bertz CT molecular complexity index is 969. The fourth-order valence-electron chi connectivity index (χ4n) is 3.42. The van der Waals surface area contributed by atoms with Crippen molar-refractivity contribution in [1.82, 2.24) is 16.0 Å². The summed E-state index contributed by atoms with van der Waals surface area (Å²) < 4.78 is 0. The molecule has 204 valence electrons. The highest BCUT2D eigenvalue weighted by Gasteiger charge is 2.31. The van der Waals surface area contributed by atoms with Gasteiger partial charge in [-0.15, -0.1) is 0 Å². The van der Waals surface area contributed by atoms with Crippen LogP contribution in [0.4, 0.5) is 0 Å². The van der Waals surface area contributed by atoms with Crippen LogP contribution >= 0.6 is 0 Å². The van der Waals surface area contributed by atoms with E-state index in [1.165, 1.54) is 0 Å². The van der Waals surface area contributed by atoms with Crippen LogP contribution in [0.25, 0.3) is 0 Å². The Balaban J connectivity index is 3.00. The minimum atomic E-state index is -1.67. The summed E-state index contributed by atoms with van der Waals surface area (Å²) in [6.45, 7) is 3.62. The van der Waals surface area contributed by atoms with E-state index in [1.54, 1.807) is 24.3 Å². The molecule has 0 bridgehead atoms. The summed E-state index contributed by atoms with van der Waals surface area (Å²) in [5.41, 5.74) is 11.9. The maximum Gasteiger partial charge on any atom is 0.326 e. The zero-order valence-electron chi connectivity index (χ0n) is 20.8. The molecule has 0 fully saturated rings. The molecule has 9 N–H and O–H groups in total. The number of nitrogens with two attached hydrogens (primary N) is 2. The van der Waals surface area contributed by atoms with E-state index in [4.69, 9.17) is 16.6 Å². The number of rotatable bonds is 16. The standard InChI is InChI=1S/C24H35N5O8/c1-13(2)10-17(28-21(33)15(25)11-14-6-4-3-5-7-14)23(35)27-16(8-9-20(31)32)22(34)29-18(24(36)37)12-19(26)30/h3-7,13,15-18H,8-12,25H2,1-2H3,(H2,26,30)(H,27,35)(H,28,33)(H,29,34)(H,31,32)(H,36,37). The molecule has 13 nitrogen and oxygen atoms in total. The average Bonchev–Trinajstić information content (AvgIpc) is 2.80. The third-order valence-corrected chi connectivity index (χ3v) is 5.28. The van der Waals surface area contributed by atoms with Gasteiger partial charge in [0.25, 0.3) is 0 Å². The van der Waals surface area contributed by atoms with Crippen molar-refractivity contribution in [1.29, 1.82) is 0 Å². The zero-order chi connectivity index (χ0) is 28.1.